The number of rotatable bonds is 8. The van der Waals surface area contributed by atoms with Crippen molar-refractivity contribution in [3.63, 3.8) is 0 Å². The maximum absolute atomic E-state index is 13.6. The molecular weight excluding hydrogens is 616 g/mol. The maximum atomic E-state index is 13.6. The number of benzene rings is 2. The summed E-state index contributed by atoms with van der Waals surface area (Å²) in [7, 11) is 5.83. The molecular formula is C35H41ClN8O3. The third-order valence-corrected chi connectivity index (χ3v) is 10.6. The molecule has 0 bridgehead atoms. The third-order valence-electron chi connectivity index (χ3n) is 10.2. The highest BCUT2D eigenvalue weighted by Gasteiger charge is 2.44. The average molecular weight is 657 g/mol. The molecule has 2 amide bonds. The zero-order chi connectivity index (χ0) is 33.0. The minimum Gasteiger partial charge on any atom is -0.396 e. The third kappa shape index (κ3) is 5.86. The van der Waals surface area contributed by atoms with E-state index >= 15 is 0 Å². The lowest BCUT2D eigenvalue weighted by atomic mass is 9.98. The van der Waals surface area contributed by atoms with E-state index in [-0.39, 0.29) is 23.8 Å². The summed E-state index contributed by atoms with van der Waals surface area (Å²) in [5.41, 5.74) is 7.62. The molecule has 0 spiro atoms. The van der Waals surface area contributed by atoms with Gasteiger partial charge in [-0.25, -0.2) is 9.97 Å². The van der Waals surface area contributed by atoms with E-state index in [0.717, 1.165) is 84.8 Å². The lowest BCUT2D eigenvalue weighted by Gasteiger charge is -2.29. The number of hydrogen-bond donors (Lipinski definition) is 3. The molecule has 11 nitrogen and oxygen atoms in total. The van der Waals surface area contributed by atoms with Crippen LogP contribution in [-0.4, -0.2) is 79.1 Å². The molecule has 4 aromatic rings. The fourth-order valence-corrected chi connectivity index (χ4v) is 7.33. The Bertz CT molecular complexity index is 1890. The molecule has 1 aliphatic carbocycles. The zero-order valence-electron chi connectivity index (χ0n) is 27.4. The van der Waals surface area contributed by atoms with E-state index in [4.69, 9.17) is 16.6 Å². The van der Waals surface area contributed by atoms with E-state index in [0.29, 0.717) is 41.1 Å². The predicted molar refractivity (Wildman–Crippen MR) is 182 cm³/mol. The molecule has 0 atom stereocenters. The molecule has 4 heterocycles. The van der Waals surface area contributed by atoms with Crippen molar-refractivity contribution >= 4 is 34.8 Å². The summed E-state index contributed by atoms with van der Waals surface area (Å²) in [4.78, 5) is 40.9. The molecule has 0 saturated heterocycles. The van der Waals surface area contributed by atoms with Gasteiger partial charge in [-0.15, -0.1) is 0 Å². The molecule has 0 radical (unpaired) electrons. The van der Waals surface area contributed by atoms with Crippen molar-refractivity contribution in [2.45, 2.75) is 45.7 Å². The van der Waals surface area contributed by atoms with Gasteiger partial charge < -0.3 is 29.8 Å². The van der Waals surface area contributed by atoms with Crippen molar-refractivity contribution in [1.82, 2.24) is 28.9 Å². The van der Waals surface area contributed by atoms with Crippen molar-refractivity contribution in [2.24, 2.45) is 19.5 Å². The Hall–Kier alpha value is -4.03. The van der Waals surface area contributed by atoms with E-state index in [1.165, 1.54) is 0 Å². The summed E-state index contributed by atoms with van der Waals surface area (Å²) < 4.78 is 3.78. The summed E-state index contributed by atoms with van der Waals surface area (Å²) in [5.74, 6) is 0.130. The van der Waals surface area contributed by atoms with Gasteiger partial charge in [-0.05, 0) is 50.1 Å². The first-order valence-corrected chi connectivity index (χ1v) is 16.6. The number of halogens is 1. The number of carbonyl (C=O) groups is 2. The normalized spacial score (nSPS) is 17.2. The van der Waals surface area contributed by atoms with Crippen LogP contribution in [0.25, 0.3) is 11.1 Å². The number of aliphatic hydroxyl groups is 1. The van der Waals surface area contributed by atoms with Gasteiger partial charge >= 0.3 is 0 Å². The SMILES string of the molecule is Cc1c(NC(=O)c2nc3c(n2C)CCN(CC2(CO)CC2)C3)cccc1-c1cccc(NC(=O)c2nc3c(n2C)CCN(C)C3)c1Cl. The minimum atomic E-state index is -0.317. The van der Waals surface area contributed by atoms with Crippen LogP contribution in [0.3, 0.4) is 0 Å². The first-order chi connectivity index (χ1) is 22.6. The van der Waals surface area contributed by atoms with Crippen molar-refractivity contribution in [2.75, 3.05) is 43.9 Å². The Morgan fingerprint density at radius 1 is 0.851 bits per heavy atom. The molecule has 2 aromatic carbocycles. The van der Waals surface area contributed by atoms with E-state index in [9.17, 15) is 14.7 Å². The number of nitrogens with one attached hydrogen (secondary N) is 2. The second-order valence-electron chi connectivity index (χ2n) is 13.4. The van der Waals surface area contributed by atoms with Crippen molar-refractivity contribution in [3.8, 4) is 11.1 Å². The molecule has 47 heavy (non-hydrogen) atoms. The van der Waals surface area contributed by atoms with E-state index in [1.54, 1.807) is 6.07 Å². The topological polar surface area (TPSA) is 121 Å². The molecule has 2 aliphatic heterocycles. The maximum Gasteiger partial charge on any atom is 0.291 e. The number of imidazole rings is 2. The van der Waals surface area contributed by atoms with Gasteiger partial charge in [0.05, 0.1) is 22.1 Å². The molecule has 1 fully saturated rings. The number of aliphatic hydroxyl groups excluding tert-OH is 1. The highest BCUT2D eigenvalue weighted by atomic mass is 35.5. The molecule has 246 valence electrons. The van der Waals surface area contributed by atoms with Gasteiger partial charge in [-0.1, -0.05) is 35.9 Å². The van der Waals surface area contributed by atoms with Gasteiger partial charge in [0.1, 0.15) is 0 Å². The molecule has 7 rings (SSSR count). The highest BCUT2D eigenvalue weighted by molar-refractivity contribution is 6.36. The lowest BCUT2D eigenvalue weighted by Crippen LogP contribution is -2.36. The number of amides is 2. The van der Waals surface area contributed by atoms with Crippen LogP contribution in [0.2, 0.25) is 5.02 Å². The Kier molecular flexibility index (Phi) is 8.20. The second kappa shape index (κ2) is 12.2. The summed E-state index contributed by atoms with van der Waals surface area (Å²) in [6, 6.07) is 11.2. The summed E-state index contributed by atoms with van der Waals surface area (Å²) in [6.45, 7) is 6.23. The van der Waals surface area contributed by atoms with Gasteiger partial charge in [0.2, 0.25) is 0 Å². The lowest BCUT2D eigenvalue weighted by molar-refractivity contribution is 0.100. The smallest absolute Gasteiger partial charge is 0.291 e. The average Bonchev–Trinajstić information content (AvgIpc) is 3.64. The van der Waals surface area contributed by atoms with Gasteiger partial charge in [-0.2, -0.15) is 0 Å². The quantitative estimate of drug-likeness (QED) is 0.257. The summed E-state index contributed by atoms with van der Waals surface area (Å²) in [6.07, 6.45) is 3.79. The Balaban J connectivity index is 1.09. The van der Waals surface area contributed by atoms with Gasteiger partial charge in [0, 0.05) is 94.3 Å². The van der Waals surface area contributed by atoms with E-state index in [1.807, 2.05) is 67.5 Å². The van der Waals surface area contributed by atoms with Crippen LogP contribution < -0.4 is 10.6 Å². The number of anilines is 2. The van der Waals surface area contributed by atoms with E-state index in [2.05, 4.69) is 25.4 Å². The molecule has 0 unspecified atom stereocenters. The Morgan fingerprint density at radius 3 is 2.06 bits per heavy atom. The Morgan fingerprint density at radius 2 is 1.43 bits per heavy atom. The van der Waals surface area contributed by atoms with Crippen LogP contribution in [0.4, 0.5) is 11.4 Å². The molecule has 1 saturated carbocycles. The number of carbonyl (C=O) groups excluding carboxylic acids is 2. The Labute approximate surface area is 279 Å². The minimum absolute atomic E-state index is 0.0407. The molecule has 2 aromatic heterocycles. The number of nitrogens with zero attached hydrogens (tertiary/aromatic N) is 6. The monoisotopic (exact) mass is 656 g/mol. The van der Waals surface area contributed by atoms with Crippen LogP contribution >= 0.6 is 11.6 Å². The number of aromatic nitrogens is 4. The largest absolute Gasteiger partial charge is 0.396 e. The first kappa shape index (κ1) is 31.6. The van der Waals surface area contributed by atoms with Crippen LogP contribution in [0, 0.1) is 12.3 Å². The molecule has 3 N–H and O–H groups in total. The van der Waals surface area contributed by atoms with Gasteiger partial charge in [0.25, 0.3) is 11.8 Å². The fraction of sp³-hybridized carbons (Fsp3) is 0.429. The molecule has 12 heteroatoms. The van der Waals surface area contributed by atoms with Gasteiger partial charge in [-0.3, -0.25) is 14.5 Å². The summed E-state index contributed by atoms with van der Waals surface area (Å²) >= 11 is 6.94. The zero-order valence-corrected chi connectivity index (χ0v) is 28.1. The number of likely N-dealkylation sites (N-methyl/N-ethyl adjacent to an activating group) is 1. The van der Waals surface area contributed by atoms with E-state index < -0.39 is 0 Å². The fourth-order valence-electron chi connectivity index (χ4n) is 7.06. The van der Waals surface area contributed by atoms with Crippen molar-refractivity contribution in [1.29, 1.82) is 0 Å². The van der Waals surface area contributed by atoms with Crippen LogP contribution in [-0.2, 0) is 40.0 Å². The van der Waals surface area contributed by atoms with Crippen LogP contribution in [0.1, 0.15) is 62.4 Å². The summed E-state index contributed by atoms with van der Waals surface area (Å²) in [5, 5.41) is 16.2. The van der Waals surface area contributed by atoms with Crippen molar-refractivity contribution in [3.05, 3.63) is 81.4 Å². The first-order valence-electron chi connectivity index (χ1n) is 16.2. The number of hydrogen-bond acceptors (Lipinski definition) is 7. The predicted octanol–water partition coefficient (Wildman–Crippen LogP) is 4.41. The van der Waals surface area contributed by atoms with Crippen LogP contribution in [0.5, 0.6) is 0 Å². The molecule has 3 aliphatic rings. The van der Waals surface area contributed by atoms with Crippen LogP contribution in [0.15, 0.2) is 36.4 Å². The highest BCUT2D eigenvalue weighted by Crippen LogP contribution is 2.46. The van der Waals surface area contributed by atoms with Crippen molar-refractivity contribution < 1.29 is 14.7 Å². The van der Waals surface area contributed by atoms with Gasteiger partial charge in [0.15, 0.2) is 11.6 Å². The number of fused-ring (bicyclic) bond motifs is 2. The standard InChI is InChI=1S/C35H41ClN8O3/c1-21-22(23-8-6-10-25(30(23)36)40-34(47)32-37-26-17-41(2)15-11-28(26)42(32)3)7-5-9-24(21)39-33(46)31-38-27-18-44(16-12-29(27)43(31)4)19-35(20-45)13-14-35/h5-10,45H,11-20H2,1-4H3,(H,39,46)(H,40,47). The second-order valence-corrected chi connectivity index (χ2v) is 13.8.